The van der Waals surface area contributed by atoms with Crippen LogP contribution in [0.3, 0.4) is 0 Å². The zero-order valence-electron chi connectivity index (χ0n) is 4.19. The van der Waals surface area contributed by atoms with Crippen LogP contribution in [0.1, 0.15) is 0 Å². The molecule has 0 aromatic carbocycles. The number of halogens is 2. The third kappa shape index (κ3) is 1.64. The van der Waals surface area contributed by atoms with Gasteiger partial charge in [-0.15, -0.1) is 0 Å². The molecule has 0 spiro atoms. The Balaban J connectivity index is 3.34. The van der Waals surface area contributed by atoms with Crippen LogP contribution in [-0.4, -0.2) is 9.97 Å². The molecule has 48 valence electrons. The summed E-state index contributed by atoms with van der Waals surface area (Å²) in [7, 11) is 0. The molecule has 0 saturated heterocycles. The number of H-pyrrole nitrogens is 1. The summed E-state index contributed by atoms with van der Waals surface area (Å²) in [6.45, 7) is 0. The molecular weight excluding hydrogens is 179 g/mol. The van der Waals surface area contributed by atoms with Gasteiger partial charge < -0.3 is 4.98 Å². The van der Waals surface area contributed by atoms with E-state index in [9.17, 15) is 0 Å². The van der Waals surface area contributed by atoms with E-state index in [1.165, 1.54) is 6.20 Å². The molecule has 0 aliphatic carbocycles. The average Bonchev–Trinajstić information content (AvgIpc) is 1.80. The number of aromatic nitrogens is 2. The number of nitrogens with one attached hydrogen (secondary N) is 1. The van der Waals surface area contributed by atoms with E-state index >= 15 is 0 Å². The van der Waals surface area contributed by atoms with Gasteiger partial charge in [0, 0.05) is 0 Å². The fourth-order valence-electron chi connectivity index (χ4n) is 0.358. The lowest BCUT2D eigenvalue weighted by molar-refractivity contribution is 1.15. The maximum atomic E-state index is 5.52. The molecule has 1 aromatic rings. The Kier molecular flexibility index (Phi) is 2.05. The van der Waals surface area contributed by atoms with Gasteiger partial charge >= 0.3 is 0 Å². The molecule has 0 bridgehead atoms. The molecule has 0 aliphatic heterocycles. The minimum atomic E-state index is 0.254. The molecule has 1 aromatic heterocycles. The van der Waals surface area contributed by atoms with E-state index in [1.54, 1.807) is 0 Å². The Hall–Kier alpha value is -0.120. The van der Waals surface area contributed by atoms with Crippen LogP contribution < -0.4 is 0 Å². The van der Waals surface area contributed by atoms with Gasteiger partial charge in [0.05, 0.1) is 11.2 Å². The second kappa shape index (κ2) is 2.64. The molecule has 1 N–H and O–H groups in total. The fourth-order valence-corrected chi connectivity index (χ4v) is 0.802. The number of hydrogen-bond acceptors (Lipinski definition) is 2. The van der Waals surface area contributed by atoms with Gasteiger partial charge in [-0.3, -0.25) is 0 Å². The average molecular weight is 181 g/mol. The monoisotopic (exact) mass is 180 g/mol. The van der Waals surface area contributed by atoms with Crippen LogP contribution >= 0.6 is 35.4 Å². The first kappa shape index (κ1) is 6.99. The lowest BCUT2D eigenvalue weighted by Gasteiger charge is -1.88. The van der Waals surface area contributed by atoms with Crippen molar-refractivity contribution in [1.82, 2.24) is 9.97 Å². The molecular formula is C4H2Cl2N2S. The minimum absolute atomic E-state index is 0.254. The van der Waals surface area contributed by atoms with Crippen molar-refractivity contribution in [3.63, 3.8) is 0 Å². The Labute approximate surface area is 66.8 Å². The van der Waals surface area contributed by atoms with Crippen molar-refractivity contribution < 1.29 is 0 Å². The Bertz CT molecular complexity index is 270. The highest BCUT2D eigenvalue weighted by molar-refractivity contribution is 7.71. The number of hydrogen-bond donors (Lipinski definition) is 1. The Morgan fingerprint density at radius 3 is 2.67 bits per heavy atom. The number of aromatic amines is 1. The van der Waals surface area contributed by atoms with Crippen molar-refractivity contribution in [2.45, 2.75) is 0 Å². The first-order chi connectivity index (χ1) is 4.20. The summed E-state index contributed by atoms with van der Waals surface area (Å²) in [5, 5.41) is 0.666. The molecule has 0 saturated carbocycles. The summed E-state index contributed by atoms with van der Waals surface area (Å²) in [5.74, 6) is 0. The van der Waals surface area contributed by atoms with Crippen molar-refractivity contribution in [2.24, 2.45) is 0 Å². The van der Waals surface area contributed by atoms with Gasteiger partial charge in [0.1, 0.15) is 4.64 Å². The molecule has 5 heteroatoms. The van der Waals surface area contributed by atoms with E-state index in [1.807, 2.05) is 0 Å². The summed E-state index contributed by atoms with van der Waals surface area (Å²) < 4.78 is 0.414. The van der Waals surface area contributed by atoms with Crippen molar-refractivity contribution in [3.05, 3.63) is 21.1 Å². The molecule has 0 amide bonds. The zero-order valence-corrected chi connectivity index (χ0v) is 6.52. The van der Waals surface area contributed by atoms with Gasteiger partial charge in [0.25, 0.3) is 0 Å². The van der Waals surface area contributed by atoms with Crippen LogP contribution in [0.15, 0.2) is 6.20 Å². The van der Waals surface area contributed by atoms with Crippen molar-refractivity contribution in [1.29, 1.82) is 0 Å². The highest BCUT2D eigenvalue weighted by atomic mass is 35.5. The zero-order chi connectivity index (χ0) is 6.85. The molecule has 0 atom stereocenters. The van der Waals surface area contributed by atoms with Crippen LogP contribution in [0.25, 0.3) is 0 Å². The summed E-state index contributed by atoms with van der Waals surface area (Å²) >= 11 is 15.7. The fraction of sp³-hybridized carbons (Fsp3) is 0. The smallest absolute Gasteiger partial charge is 0.201 e. The lowest BCUT2D eigenvalue weighted by atomic mass is 10.7. The van der Waals surface area contributed by atoms with Gasteiger partial charge in [-0.2, -0.15) is 0 Å². The van der Waals surface area contributed by atoms with E-state index in [4.69, 9.17) is 35.4 Å². The molecule has 0 fully saturated rings. The molecule has 0 aliphatic rings. The van der Waals surface area contributed by atoms with Crippen molar-refractivity contribution >= 4 is 35.4 Å². The SMILES string of the molecule is S=c1[nH]c(Cl)ncc1Cl. The maximum Gasteiger partial charge on any atom is 0.201 e. The predicted molar refractivity (Wildman–Crippen MR) is 39.4 cm³/mol. The quantitative estimate of drug-likeness (QED) is 0.491. The molecule has 1 rings (SSSR count). The standard InChI is InChI=1S/C4H2Cl2N2S/c5-2-1-7-4(6)8-3(2)9/h1H,(H,7,8,9). The van der Waals surface area contributed by atoms with E-state index in [0.29, 0.717) is 9.66 Å². The molecule has 0 radical (unpaired) electrons. The predicted octanol–water partition coefficient (Wildman–Crippen LogP) is 2.45. The lowest BCUT2D eigenvalue weighted by Crippen LogP contribution is -1.80. The highest BCUT2D eigenvalue weighted by Gasteiger charge is 1.90. The van der Waals surface area contributed by atoms with Gasteiger partial charge in [-0.25, -0.2) is 4.98 Å². The topological polar surface area (TPSA) is 28.7 Å². The molecule has 2 nitrogen and oxygen atoms in total. The molecule has 9 heavy (non-hydrogen) atoms. The first-order valence-electron chi connectivity index (χ1n) is 2.10. The van der Waals surface area contributed by atoms with Crippen LogP contribution in [0.4, 0.5) is 0 Å². The highest BCUT2D eigenvalue weighted by Crippen LogP contribution is 2.08. The van der Waals surface area contributed by atoms with E-state index in [-0.39, 0.29) is 5.28 Å². The Morgan fingerprint density at radius 2 is 2.22 bits per heavy atom. The van der Waals surface area contributed by atoms with E-state index in [2.05, 4.69) is 9.97 Å². The summed E-state index contributed by atoms with van der Waals surface area (Å²) in [5.41, 5.74) is 0. The minimum Gasteiger partial charge on any atom is -0.320 e. The summed E-state index contributed by atoms with van der Waals surface area (Å²) in [6, 6.07) is 0. The van der Waals surface area contributed by atoms with Crippen LogP contribution in [0.2, 0.25) is 10.3 Å². The van der Waals surface area contributed by atoms with Gasteiger partial charge in [-0.05, 0) is 11.6 Å². The third-order valence-electron chi connectivity index (χ3n) is 0.725. The van der Waals surface area contributed by atoms with Crippen LogP contribution in [0, 0.1) is 4.64 Å². The molecule has 0 unspecified atom stereocenters. The Morgan fingerprint density at radius 1 is 1.56 bits per heavy atom. The second-order valence-electron chi connectivity index (χ2n) is 1.35. The normalized spacial score (nSPS) is 9.56. The largest absolute Gasteiger partial charge is 0.320 e. The first-order valence-corrected chi connectivity index (χ1v) is 3.27. The summed E-state index contributed by atoms with van der Waals surface area (Å²) in [4.78, 5) is 6.23. The van der Waals surface area contributed by atoms with Crippen molar-refractivity contribution in [2.75, 3.05) is 0 Å². The summed E-state index contributed by atoms with van der Waals surface area (Å²) in [6.07, 6.45) is 1.41. The van der Waals surface area contributed by atoms with Gasteiger partial charge in [0.15, 0.2) is 0 Å². The maximum absolute atomic E-state index is 5.52. The second-order valence-corrected chi connectivity index (χ2v) is 2.52. The van der Waals surface area contributed by atoms with E-state index < -0.39 is 0 Å². The van der Waals surface area contributed by atoms with E-state index in [0.717, 1.165) is 0 Å². The van der Waals surface area contributed by atoms with Crippen LogP contribution in [-0.2, 0) is 0 Å². The van der Waals surface area contributed by atoms with Crippen LogP contribution in [0.5, 0.6) is 0 Å². The van der Waals surface area contributed by atoms with Gasteiger partial charge in [0.2, 0.25) is 5.28 Å². The third-order valence-corrected chi connectivity index (χ3v) is 1.64. The molecule has 1 heterocycles. The van der Waals surface area contributed by atoms with Gasteiger partial charge in [-0.1, -0.05) is 23.8 Å². The van der Waals surface area contributed by atoms with Crippen molar-refractivity contribution in [3.8, 4) is 0 Å². The number of rotatable bonds is 0. The number of nitrogens with zero attached hydrogens (tertiary/aromatic N) is 1.